The van der Waals surface area contributed by atoms with E-state index in [1.165, 1.54) is 85.1 Å². The number of fused-ring (bicyclic) bond motifs is 17. The van der Waals surface area contributed by atoms with E-state index in [0.29, 0.717) is 0 Å². The molecular weight excluding hydrogens is 822 g/mol. The molecule has 1 aliphatic carbocycles. The third kappa shape index (κ3) is 4.53. The molecule has 0 bridgehead atoms. The molecule has 0 saturated carbocycles. The molecule has 14 rings (SSSR count). The summed E-state index contributed by atoms with van der Waals surface area (Å²) in [5.74, 6) is 0. The Balaban J connectivity index is 1.09. The second kappa shape index (κ2) is 12.6. The van der Waals surface area contributed by atoms with E-state index in [9.17, 15) is 0 Å². The standard InChI is InChI=1S/C58H38NOPS2/c1-57(2)43-21-9-6-18-37(43)40-33-50-41(31-47(40)57)38-19-7-12-24-49(38)59(50)35-28-29-46-56(30-35)63-54-27-15-11-23-45(54)58(46)44-22-10-13-25-51(44)61(60,36-16-4-3-5-17-36)52-34-55-42(32-48(52)58)39-20-8-14-26-53(39)62-55/h3-34H,1-2H3. The van der Waals surface area contributed by atoms with Crippen molar-refractivity contribution in [1.82, 2.24) is 4.57 Å². The molecule has 2 aliphatic heterocycles. The first kappa shape index (κ1) is 36.1. The summed E-state index contributed by atoms with van der Waals surface area (Å²) in [6.07, 6.45) is 0. The van der Waals surface area contributed by atoms with Crippen LogP contribution in [0.1, 0.15) is 47.2 Å². The number of hydrogen-bond donors (Lipinski definition) is 0. The summed E-state index contributed by atoms with van der Waals surface area (Å²) in [7, 11) is -3.36. The second-order valence-electron chi connectivity index (χ2n) is 17.9. The average Bonchev–Trinajstić information content (AvgIpc) is 3.94. The lowest BCUT2D eigenvalue weighted by Gasteiger charge is -2.48. The Kier molecular flexibility index (Phi) is 7.23. The van der Waals surface area contributed by atoms with Crippen LogP contribution in [0, 0.1) is 0 Å². The van der Waals surface area contributed by atoms with Gasteiger partial charge in [0, 0.05) is 67.8 Å². The van der Waals surface area contributed by atoms with Crippen LogP contribution in [0.3, 0.4) is 0 Å². The summed E-state index contributed by atoms with van der Waals surface area (Å²) in [6, 6.07) is 71.2. The molecule has 63 heavy (non-hydrogen) atoms. The van der Waals surface area contributed by atoms with Crippen LogP contribution < -0.4 is 15.9 Å². The molecule has 0 fully saturated rings. The van der Waals surface area contributed by atoms with Gasteiger partial charge in [0.05, 0.1) is 16.4 Å². The van der Waals surface area contributed by atoms with E-state index in [1.807, 2.05) is 30.0 Å². The summed E-state index contributed by atoms with van der Waals surface area (Å²) in [6.45, 7) is 4.73. The second-order valence-corrected chi connectivity index (χ2v) is 22.8. The molecule has 2 aromatic heterocycles. The fourth-order valence-corrected chi connectivity index (χ4v) is 17.4. The first-order valence-electron chi connectivity index (χ1n) is 21.7. The normalized spacial score (nSPS) is 18.9. The van der Waals surface area contributed by atoms with Crippen molar-refractivity contribution in [1.29, 1.82) is 0 Å². The van der Waals surface area contributed by atoms with Crippen molar-refractivity contribution in [3.05, 3.63) is 228 Å². The SMILES string of the molecule is CC1(C)c2ccccc2-c2cc3c(cc21)c1ccccc1n3-c1ccc2c(c1)Sc1ccccc1C21c2ccccc2P(=O)(c2ccccc2)c2cc3sc4ccccc4c3cc21. The molecule has 11 aromatic rings. The summed E-state index contributed by atoms with van der Waals surface area (Å²) in [5, 5.41) is 7.70. The van der Waals surface area contributed by atoms with Crippen LogP contribution in [-0.4, -0.2) is 4.57 Å². The lowest BCUT2D eigenvalue weighted by Crippen LogP contribution is -2.48. The van der Waals surface area contributed by atoms with Crippen LogP contribution >= 0.6 is 30.2 Å². The minimum absolute atomic E-state index is 0.0918. The zero-order chi connectivity index (χ0) is 41.8. The van der Waals surface area contributed by atoms with Crippen LogP contribution in [0.2, 0.25) is 0 Å². The Morgan fingerprint density at radius 2 is 1.13 bits per heavy atom. The maximum atomic E-state index is 16.6. The number of benzene rings is 9. The maximum absolute atomic E-state index is 16.6. The highest BCUT2D eigenvalue weighted by molar-refractivity contribution is 7.99. The quantitative estimate of drug-likeness (QED) is 0.162. The fraction of sp³-hybridized carbons (Fsp3) is 0.0690. The summed E-state index contributed by atoms with van der Waals surface area (Å²) in [5.41, 5.74) is 12.8. The van der Waals surface area contributed by atoms with E-state index in [2.05, 4.69) is 194 Å². The van der Waals surface area contributed by atoms with Gasteiger partial charge in [-0.2, -0.15) is 0 Å². The zero-order valence-electron chi connectivity index (χ0n) is 34.6. The van der Waals surface area contributed by atoms with E-state index in [1.54, 1.807) is 11.3 Å². The van der Waals surface area contributed by atoms with Crippen LogP contribution in [0.25, 0.3) is 58.8 Å². The largest absolute Gasteiger partial charge is 0.309 e. The minimum Gasteiger partial charge on any atom is -0.309 e. The average molecular weight is 860 g/mol. The molecule has 1 spiro atoms. The molecule has 9 aromatic carbocycles. The molecule has 4 heterocycles. The van der Waals surface area contributed by atoms with Gasteiger partial charge in [0.15, 0.2) is 7.14 Å². The highest BCUT2D eigenvalue weighted by atomic mass is 32.2. The van der Waals surface area contributed by atoms with E-state index in [4.69, 9.17) is 0 Å². The Morgan fingerprint density at radius 3 is 2.00 bits per heavy atom. The molecule has 2 atom stereocenters. The molecule has 2 unspecified atom stereocenters. The van der Waals surface area contributed by atoms with Gasteiger partial charge in [0.2, 0.25) is 0 Å². The van der Waals surface area contributed by atoms with Crippen molar-refractivity contribution in [2.24, 2.45) is 0 Å². The Hall–Kier alpha value is -6.42. The van der Waals surface area contributed by atoms with Crippen LogP contribution in [0.4, 0.5) is 0 Å². The van der Waals surface area contributed by atoms with Crippen LogP contribution in [0.15, 0.2) is 204 Å². The topological polar surface area (TPSA) is 22.0 Å². The molecule has 0 radical (unpaired) electrons. The fourth-order valence-electron chi connectivity index (χ4n) is 11.8. The predicted molar refractivity (Wildman–Crippen MR) is 267 cm³/mol. The lowest BCUT2D eigenvalue weighted by atomic mass is 9.64. The molecule has 5 heteroatoms. The smallest absolute Gasteiger partial charge is 0.171 e. The lowest BCUT2D eigenvalue weighted by molar-refractivity contribution is 0.589. The molecule has 0 saturated heterocycles. The highest BCUT2D eigenvalue weighted by Crippen LogP contribution is 2.63. The van der Waals surface area contributed by atoms with Crippen molar-refractivity contribution in [2.45, 2.75) is 34.5 Å². The third-order valence-electron chi connectivity index (χ3n) is 14.5. The van der Waals surface area contributed by atoms with Gasteiger partial charge in [-0.05, 0) is 99.1 Å². The van der Waals surface area contributed by atoms with Gasteiger partial charge in [-0.1, -0.05) is 165 Å². The zero-order valence-corrected chi connectivity index (χ0v) is 37.1. The summed E-state index contributed by atoms with van der Waals surface area (Å²) in [4.78, 5) is 2.42. The molecular formula is C58H38NOPS2. The highest BCUT2D eigenvalue weighted by Gasteiger charge is 2.54. The number of para-hydroxylation sites is 1. The molecule has 0 amide bonds. The maximum Gasteiger partial charge on any atom is 0.171 e. The van der Waals surface area contributed by atoms with Gasteiger partial charge in [-0.3, -0.25) is 0 Å². The van der Waals surface area contributed by atoms with Crippen molar-refractivity contribution in [2.75, 3.05) is 0 Å². The van der Waals surface area contributed by atoms with E-state index in [-0.39, 0.29) is 5.41 Å². The molecule has 298 valence electrons. The van der Waals surface area contributed by atoms with Crippen LogP contribution in [0.5, 0.6) is 0 Å². The monoisotopic (exact) mass is 859 g/mol. The first-order valence-corrected chi connectivity index (χ1v) is 25.0. The molecule has 3 aliphatic rings. The van der Waals surface area contributed by atoms with E-state index in [0.717, 1.165) is 32.7 Å². The van der Waals surface area contributed by atoms with Crippen LogP contribution in [-0.2, 0) is 15.4 Å². The number of thiophene rings is 1. The minimum atomic E-state index is -3.36. The van der Waals surface area contributed by atoms with Crippen molar-refractivity contribution < 1.29 is 4.57 Å². The first-order chi connectivity index (χ1) is 30.9. The number of aromatic nitrogens is 1. The number of hydrogen-bond acceptors (Lipinski definition) is 3. The van der Waals surface area contributed by atoms with Gasteiger partial charge in [-0.15, -0.1) is 11.3 Å². The van der Waals surface area contributed by atoms with Gasteiger partial charge in [-0.25, -0.2) is 0 Å². The van der Waals surface area contributed by atoms with Crippen molar-refractivity contribution in [3.63, 3.8) is 0 Å². The van der Waals surface area contributed by atoms with Gasteiger partial charge < -0.3 is 9.13 Å². The molecule has 0 N–H and O–H groups in total. The molecule has 2 nitrogen and oxygen atoms in total. The number of rotatable bonds is 2. The van der Waals surface area contributed by atoms with Gasteiger partial charge in [0.1, 0.15) is 0 Å². The Labute approximate surface area is 373 Å². The summed E-state index contributed by atoms with van der Waals surface area (Å²) < 4.78 is 21.5. The van der Waals surface area contributed by atoms with Crippen molar-refractivity contribution >= 4 is 88.1 Å². The number of nitrogens with zero attached hydrogens (tertiary/aromatic N) is 1. The summed E-state index contributed by atoms with van der Waals surface area (Å²) >= 11 is 3.65. The van der Waals surface area contributed by atoms with Gasteiger partial charge in [0.25, 0.3) is 0 Å². The Morgan fingerprint density at radius 1 is 0.444 bits per heavy atom. The van der Waals surface area contributed by atoms with E-state index < -0.39 is 12.6 Å². The third-order valence-corrected chi connectivity index (χ3v) is 19.9. The Bertz CT molecular complexity index is 3860. The van der Waals surface area contributed by atoms with Gasteiger partial charge >= 0.3 is 0 Å². The predicted octanol–water partition coefficient (Wildman–Crippen LogP) is 14.3. The van der Waals surface area contributed by atoms with Crippen molar-refractivity contribution in [3.8, 4) is 16.8 Å². The van der Waals surface area contributed by atoms with E-state index >= 15 is 4.57 Å².